The Balaban J connectivity index is 1.47. The number of benzene rings is 7. The Labute approximate surface area is 257 Å². The predicted molar refractivity (Wildman–Crippen MR) is 187 cm³/mol. The summed E-state index contributed by atoms with van der Waals surface area (Å²) in [5.41, 5.74) is 15.0. The lowest BCUT2D eigenvalue weighted by Crippen LogP contribution is -1.93. The predicted octanol–water partition coefficient (Wildman–Crippen LogP) is 11.8. The first kappa shape index (κ1) is 25.0. The monoisotopic (exact) mass is 559 g/mol. The fourth-order valence-electron chi connectivity index (χ4n) is 7.63. The molecule has 1 aromatic heterocycles. The third-order valence-corrected chi connectivity index (χ3v) is 9.36. The van der Waals surface area contributed by atoms with Gasteiger partial charge in [0.2, 0.25) is 0 Å². The number of hydrogen-bond donors (Lipinski definition) is 0. The highest BCUT2D eigenvalue weighted by atomic mass is 14.7. The van der Waals surface area contributed by atoms with Crippen LogP contribution < -0.4 is 0 Å². The number of aryl methyl sites for hydroxylation is 2. The fourth-order valence-corrected chi connectivity index (χ4v) is 7.63. The summed E-state index contributed by atoms with van der Waals surface area (Å²) in [5.74, 6) is 0. The van der Waals surface area contributed by atoms with E-state index in [1.54, 1.807) is 0 Å². The SMILES string of the molecule is Cc1cc2c(-c3cc4c5c(cccc5c3)-c3c-4c(-c4ccccc4)c4ccccc4c3-c3ccccc3)cccc2c(C)n1. The number of pyridine rings is 1. The molecule has 0 atom stereocenters. The van der Waals surface area contributed by atoms with Gasteiger partial charge >= 0.3 is 0 Å². The van der Waals surface area contributed by atoms with Crippen LogP contribution >= 0.6 is 0 Å². The van der Waals surface area contributed by atoms with Crippen LogP contribution in [0.25, 0.3) is 88.0 Å². The van der Waals surface area contributed by atoms with Crippen molar-refractivity contribution in [2.45, 2.75) is 13.8 Å². The zero-order chi connectivity index (χ0) is 29.4. The first-order valence-electron chi connectivity index (χ1n) is 15.3. The lowest BCUT2D eigenvalue weighted by atomic mass is 9.82. The van der Waals surface area contributed by atoms with Crippen LogP contribution in [0.3, 0.4) is 0 Å². The van der Waals surface area contributed by atoms with Crippen LogP contribution in [-0.4, -0.2) is 4.98 Å². The normalized spacial score (nSPS) is 11.9. The maximum Gasteiger partial charge on any atom is 0.0454 e. The summed E-state index contributed by atoms with van der Waals surface area (Å²) >= 11 is 0. The van der Waals surface area contributed by atoms with Crippen LogP contribution in [-0.2, 0) is 0 Å². The van der Waals surface area contributed by atoms with Crippen molar-refractivity contribution in [3.05, 3.63) is 151 Å². The Hall–Kier alpha value is -5.53. The number of hydrogen-bond acceptors (Lipinski definition) is 1. The van der Waals surface area contributed by atoms with E-state index in [0.29, 0.717) is 0 Å². The molecule has 1 heteroatoms. The molecule has 1 nitrogen and oxygen atoms in total. The molecule has 0 radical (unpaired) electrons. The van der Waals surface area contributed by atoms with Crippen molar-refractivity contribution < 1.29 is 0 Å². The van der Waals surface area contributed by atoms with Crippen LogP contribution in [0, 0.1) is 13.8 Å². The van der Waals surface area contributed by atoms with Gasteiger partial charge in [-0.1, -0.05) is 121 Å². The van der Waals surface area contributed by atoms with E-state index in [2.05, 4.69) is 153 Å². The van der Waals surface area contributed by atoms with Crippen molar-refractivity contribution in [2.75, 3.05) is 0 Å². The molecule has 44 heavy (non-hydrogen) atoms. The molecule has 0 aliphatic heterocycles. The first-order valence-corrected chi connectivity index (χ1v) is 15.3. The molecule has 0 spiro atoms. The summed E-state index contributed by atoms with van der Waals surface area (Å²) in [6.07, 6.45) is 0. The molecule has 0 saturated carbocycles. The maximum atomic E-state index is 4.77. The van der Waals surface area contributed by atoms with E-state index in [0.717, 1.165) is 11.4 Å². The van der Waals surface area contributed by atoms with E-state index in [4.69, 9.17) is 4.98 Å². The number of fused-ring (bicyclic) bond motifs is 5. The fraction of sp³-hybridized carbons (Fsp3) is 0.0465. The molecule has 206 valence electrons. The van der Waals surface area contributed by atoms with E-state index in [1.807, 2.05) is 0 Å². The quantitative estimate of drug-likeness (QED) is 0.210. The summed E-state index contributed by atoms with van der Waals surface area (Å²) in [5, 5.41) is 7.64. The largest absolute Gasteiger partial charge is 0.258 e. The highest BCUT2D eigenvalue weighted by molar-refractivity contribution is 6.28. The van der Waals surface area contributed by atoms with Crippen LogP contribution in [0.15, 0.2) is 140 Å². The maximum absolute atomic E-state index is 4.77. The summed E-state index contributed by atoms with van der Waals surface area (Å²) in [7, 11) is 0. The Morgan fingerprint density at radius 2 is 0.955 bits per heavy atom. The van der Waals surface area contributed by atoms with Crippen molar-refractivity contribution in [1.82, 2.24) is 4.98 Å². The van der Waals surface area contributed by atoms with Gasteiger partial charge in [-0.05, 0) is 115 Å². The number of rotatable bonds is 3. The third kappa shape index (κ3) is 3.56. The molecule has 1 heterocycles. The van der Waals surface area contributed by atoms with E-state index >= 15 is 0 Å². The van der Waals surface area contributed by atoms with Crippen molar-refractivity contribution >= 4 is 32.3 Å². The molecular weight excluding hydrogens is 530 g/mol. The number of nitrogens with zero attached hydrogens (tertiary/aromatic N) is 1. The van der Waals surface area contributed by atoms with Gasteiger partial charge in [-0.3, -0.25) is 4.98 Å². The molecular formula is C43H29N. The Kier molecular flexibility index (Phi) is 5.39. The van der Waals surface area contributed by atoms with E-state index in [1.165, 1.54) is 88.0 Å². The smallest absolute Gasteiger partial charge is 0.0454 e. The highest BCUT2D eigenvalue weighted by Crippen LogP contribution is 2.58. The first-order chi connectivity index (χ1) is 21.7. The second-order valence-corrected chi connectivity index (χ2v) is 12.0. The minimum Gasteiger partial charge on any atom is -0.258 e. The summed E-state index contributed by atoms with van der Waals surface area (Å²) in [4.78, 5) is 4.77. The summed E-state index contributed by atoms with van der Waals surface area (Å²) < 4.78 is 0. The second-order valence-electron chi connectivity index (χ2n) is 12.0. The van der Waals surface area contributed by atoms with Crippen LogP contribution in [0.5, 0.6) is 0 Å². The Bertz CT molecular complexity index is 2440. The molecule has 1 aliphatic carbocycles. The van der Waals surface area contributed by atoms with Crippen molar-refractivity contribution in [1.29, 1.82) is 0 Å². The molecule has 0 N–H and O–H groups in total. The standard InChI is InChI=1S/C43H29N/c1-26-23-37-32(27(2)44-26)20-12-21-33(37)31-24-30-17-11-22-36-39(30)38(25-31)43-41(29-15-7-4-8-16-29)35-19-10-9-18-34(35)40(42(36)43)28-13-5-3-6-14-28/h3-25H,1-2H3. The van der Waals surface area contributed by atoms with Gasteiger partial charge in [-0.2, -0.15) is 0 Å². The minimum absolute atomic E-state index is 1.05. The van der Waals surface area contributed by atoms with Gasteiger partial charge in [0.25, 0.3) is 0 Å². The average Bonchev–Trinajstić information content (AvgIpc) is 3.38. The summed E-state index contributed by atoms with van der Waals surface area (Å²) in [6.45, 7) is 4.21. The Morgan fingerprint density at radius 3 is 1.64 bits per heavy atom. The van der Waals surface area contributed by atoms with Crippen LogP contribution in [0.2, 0.25) is 0 Å². The zero-order valence-corrected chi connectivity index (χ0v) is 24.7. The van der Waals surface area contributed by atoms with Gasteiger partial charge in [-0.25, -0.2) is 0 Å². The van der Waals surface area contributed by atoms with Gasteiger partial charge in [0.1, 0.15) is 0 Å². The lowest BCUT2D eigenvalue weighted by molar-refractivity contribution is 1.15. The van der Waals surface area contributed by atoms with E-state index < -0.39 is 0 Å². The lowest BCUT2D eigenvalue weighted by Gasteiger charge is -2.20. The number of aromatic nitrogens is 1. The van der Waals surface area contributed by atoms with Crippen molar-refractivity contribution in [2.24, 2.45) is 0 Å². The van der Waals surface area contributed by atoms with Crippen molar-refractivity contribution in [3.63, 3.8) is 0 Å². The van der Waals surface area contributed by atoms with Crippen molar-refractivity contribution in [3.8, 4) is 55.6 Å². The molecule has 1 aliphatic rings. The second kappa shape index (κ2) is 9.49. The molecule has 9 rings (SSSR count). The Morgan fingerprint density at radius 1 is 0.386 bits per heavy atom. The van der Waals surface area contributed by atoms with Gasteiger partial charge in [0.05, 0.1) is 0 Å². The molecule has 0 unspecified atom stereocenters. The average molecular weight is 560 g/mol. The molecule has 7 aromatic carbocycles. The highest BCUT2D eigenvalue weighted by Gasteiger charge is 2.31. The zero-order valence-electron chi connectivity index (χ0n) is 24.7. The van der Waals surface area contributed by atoms with Gasteiger partial charge < -0.3 is 0 Å². The van der Waals surface area contributed by atoms with E-state index in [-0.39, 0.29) is 0 Å². The molecule has 0 bridgehead atoms. The topological polar surface area (TPSA) is 12.9 Å². The molecule has 8 aromatic rings. The summed E-state index contributed by atoms with van der Waals surface area (Å²) in [6, 6.07) is 51.4. The van der Waals surface area contributed by atoms with Gasteiger partial charge in [-0.15, -0.1) is 0 Å². The van der Waals surface area contributed by atoms with Crippen LogP contribution in [0.4, 0.5) is 0 Å². The van der Waals surface area contributed by atoms with Crippen LogP contribution in [0.1, 0.15) is 11.4 Å². The minimum atomic E-state index is 1.05. The molecule has 0 saturated heterocycles. The van der Waals surface area contributed by atoms with Gasteiger partial charge in [0.15, 0.2) is 0 Å². The molecule has 0 amide bonds. The van der Waals surface area contributed by atoms with E-state index in [9.17, 15) is 0 Å². The van der Waals surface area contributed by atoms with Gasteiger partial charge in [0, 0.05) is 16.8 Å². The molecule has 0 fully saturated rings. The third-order valence-electron chi connectivity index (χ3n) is 9.36.